The van der Waals surface area contributed by atoms with E-state index in [-0.39, 0.29) is 18.5 Å². The zero-order valence-corrected chi connectivity index (χ0v) is 19.2. The molecule has 0 saturated carbocycles. The van der Waals surface area contributed by atoms with Crippen LogP contribution in [0.2, 0.25) is 0 Å². The number of ether oxygens (including phenoxy) is 2. The average molecular weight is 401 g/mol. The molecule has 0 saturated heterocycles. The first-order chi connectivity index (χ1) is 13.5. The molecule has 0 aliphatic rings. The van der Waals surface area contributed by atoms with Crippen LogP contribution in [0.4, 0.5) is 0 Å². The van der Waals surface area contributed by atoms with Crippen LogP contribution in [0.15, 0.2) is 0 Å². The first-order valence-electron chi connectivity index (χ1n) is 11.9. The van der Waals surface area contributed by atoms with Gasteiger partial charge in [0.15, 0.2) is 6.10 Å². The van der Waals surface area contributed by atoms with Crippen molar-refractivity contribution in [2.45, 2.75) is 130 Å². The predicted octanol–water partition coefficient (Wildman–Crippen LogP) is 6.43. The quantitative estimate of drug-likeness (QED) is 0.189. The van der Waals surface area contributed by atoms with E-state index < -0.39 is 12.2 Å². The highest BCUT2D eigenvalue weighted by atomic mass is 16.6. The maximum Gasteiger partial charge on any atom is 0.303 e. The fraction of sp³-hybridized carbons (Fsp3) is 0.958. The number of esters is 1. The van der Waals surface area contributed by atoms with E-state index in [9.17, 15) is 9.90 Å². The Balaban J connectivity index is 3.43. The Labute approximate surface area is 174 Å². The molecule has 0 spiro atoms. The molecule has 28 heavy (non-hydrogen) atoms. The number of hydrogen-bond acceptors (Lipinski definition) is 4. The smallest absolute Gasteiger partial charge is 0.303 e. The van der Waals surface area contributed by atoms with E-state index in [0.29, 0.717) is 6.61 Å². The normalized spacial score (nSPS) is 13.6. The summed E-state index contributed by atoms with van der Waals surface area (Å²) in [6, 6.07) is 0. The minimum Gasteiger partial charge on any atom is -0.457 e. The van der Waals surface area contributed by atoms with Crippen molar-refractivity contribution < 1.29 is 19.4 Å². The van der Waals surface area contributed by atoms with Gasteiger partial charge in [-0.15, -0.1) is 0 Å². The first kappa shape index (κ1) is 27.4. The SMILES string of the molecule is CCCCCCCCCCCCCCCCOCC(OC(C)=O)C(O)C(C)C. The third-order valence-corrected chi connectivity index (χ3v) is 5.31. The highest BCUT2D eigenvalue weighted by molar-refractivity contribution is 5.66. The van der Waals surface area contributed by atoms with Crippen molar-refractivity contribution in [3.8, 4) is 0 Å². The van der Waals surface area contributed by atoms with Crippen LogP contribution < -0.4 is 0 Å². The van der Waals surface area contributed by atoms with Crippen molar-refractivity contribution in [1.29, 1.82) is 0 Å². The summed E-state index contributed by atoms with van der Waals surface area (Å²) >= 11 is 0. The van der Waals surface area contributed by atoms with Gasteiger partial charge in [0.05, 0.1) is 12.7 Å². The van der Waals surface area contributed by atoms with E-state index in [0.717, 1.165) is 6.42 Å². The number of carbonyl (C=O) groups excluding carboxylic acids is 1. The van der Waals surface area contributed by atoms with Crippen molar-refractivity contribution in [3.63, 3.8) is 0 Å². The van der Waals surface area contributed by atoms with Crippen LogP contribution in [-0.2, 0) is 14.3 Å². The second kappa shape index (κ2) is 19.7. The van der Waals surface area contributed by atoms with Crippen LogP contribution in [0.3, 0.4) is 0 Å². The molecular weight excluding hydrogens is 352 g/mol. The molecule has 0 aromatic carbocycles. The fourth-order valence-electron chi connectivity index (χ4n) is 3.44. The Morgan fingerprint density at radius 2 is 1.21 bits per heavy atom. The lowest BCUT2D eigenvalue weighted by Crippen LogP contribution is -2.38. The standard InChI is InChI=1S/C24H48O4/c1-5-6-7-8-9-10-11-12-13-14-15-16-17-18-19-27-20-23(28-22(4)25)24(26)21(2)3/h21,23-24,26H,5-20H2,1-4H3. The van der Waals surface area contributed by atoms with Gasteiger partial charge in [-0.25, -0.2) is 0 Å². The molecule has 0 aromatic heterocycles. The zero-order valence-electron chi connectivity index (χ0n) is 19.2. The summed E-state index contributed by atoms with van der Waals surface area (Å²) in [5, 5.41) is 10.1. The van der Waals surface area contributed by atoms with Crippen molar-refractivity contribution in [3.05, 3.63) is 0 Å². The maximum absolute atomic E-state index is 11.2. The number of unbranched alkanes of at least 4 members (excludes halogenated alkanes) is 13. The topological polar surface area (TPSA) is 55.8 Å². The van der Waals surface area contributed by atoms with E-state index in [1.807, 2.05) is 13.8 Å². The molecule has 2 atom stereocenters. The lowest BCUT2D eigenvalue weighted by Gasteiger charge is -2.25. The van der Waals surface area contributed by atoms with Gasteiger partial charge in [0.2, 0.25) is 0 Å². The van der Waals surface area contributed by atoms with Gasteiger partial charge < -0.3 is 14.6 Å². The lowest BCUT2D eigenvalue weighted by atomic mass is 10.0. The van der Waals surface area contributed by atoms with Gasteiger partial charge in [0.25, 0.3) is 0 Å². The molecule has 0 heterocycles. The van der Waals surface area contributed by atoms with Gasteiger partial charge in [-0.1, -0.05) is 104 Å². The third kappa shape index (κ3) is 17.5. The summed E-state index contributed by atoms with van der Waals surface area (Å²) in [7, 11) is 0. The molecule has 4 nitrogen and oxygen atoms in total. The van der Waals surface area contributed by atoms with Crippen molar-refractivity contribution >= 4 is 5.97 Å². The monoisotopic (exact) mass is 400 g/mol. The molecule has 0 aliphatic heterocycles. The number of hydrogen-bond donors (Lipinski definition) is 1. The van der Waals surface area contributed by atoms with E-state index in [1.165, 1.54) is 90.4 Å². The van der Waals surface area contributed by atoms with Crippen LogP contribution >= 0.6 is 0 Å². The average Bonchev–Trinajstić information content (AvgIpc) is 2.65. The summed E-state index contributed by atoms with van der Waals surface area (Å²) in [6.45, 7) is 8.41. The molecule has 0 rings (SSSR count). The Morgan fingerprint density at radius 1 is 0.786 bits per heavy atom. The summed E-state index contributed by atoms with van der Waals surface area (Å²) in [5.74, 6) is -0.334. The van der Waals surface area contributed by atoms with E-state index in [2.05, 4.69) is 6.92 Å². The summed E-state index contributed by atoms with van der Waals surface area (Å²) in [6.07, 6.45) is 17.5. The highest BCUT2D eigenvalue weighted by Crippen LogP contribution is 2.14. The first-order valence-corrected chi connectivity index (χ1v) is 11.9. The minimum absolute atomic E-state index is 0.0361. The van der Waals surface area contributed by atoms with Crippen LogP contribution in [0.5, 0.6) is 0 Å². The van der Waals surface area contributed by atoms with Gasteiger partial charge in [0.1, 0.15) is 0 Å². The molecule has 4 heteroatoms. The Morgan fingerprint density at radius 3 is 1.61 bits per heavy atom. The van der Waals surface area contributed by atoms with E-state index >= 15 is 0 Å². The maximum atomic E-state index is 11.2. The van der Waals surface area contributed by atoms with Crippen molar-refractivity contribution in [2.24, 2.45) is 5.92 Å². The molecule has 0 aliphatic carbocycles. The molecule has 1 N–H and O–H groups in total. The largest absolute Gasteiger partial charge is 0.457 e. The van der Waals surface area contributed by atoms with Crippen LogP contribution in [-0.4, -0.2) is 36.5 Å². The van der Waals surface area contributed by atoms with Crippen molar-refractivity contribution in [2.75, 3.05) is 13.2 Å². The molecule has 0 radical (unpaired) electrons. The van der Waals surface area contributed by atoms with E-state index in [4.69, 9.17) is 9.47 Å². The fourth-order valence-corrected chi connectivity index (χ4v) is 3.44. The molecular formula is C24H48O4. The third-order valence-electron chi connectivity index (χ3n) is 5.31. The van der Waals surface area contributed by atoms with E-state index in [1.54, 1.807) is 0 Å². The second-order valence-electron chi connectivity index (χ2n) is 8.55. The number of rotatable bonds is 20. The Kier molecular flexibility index (Phi) is 19.3. The summed E-state index contributed by atoms with van der Waals surface area (Å²) in [4.78, 5) is 11.2. The predicted molar refractivity (Wildman–Crippen MR) is 118 cm³/mol. The van der Waals surface area contributed by atoms with Crippen LogP contribution in [0, 0.1) is 5.92 Å². The summed E-state index contributed by atoms with van der Waals surface area (Å²) in [5.41, 5.74) is 0. The van der Waals surface area contributed by atoms with Gasteiger partial charge in [0, 0.05) is 13.5 Å². The summed E-state index contributed by atoms with van der Waals surface area (Å²) < 4.78 is 10.8. The minimum atomic E-state index is -0.680. The van der Waals surface area contributed by atoms with Gasteiger partial charge in [-0.2, -0.15) is 0 Å². The number of carbonyl (C=O) groups is 1. The number of aliphatic hydroxyl groups is 1. The van der Waals surface area contributed by atoms with Gasteiger partial charge in [-0.05, 0) is 12.3 Å². The highest BCUT2D eigenvalue weighted by Gasteiger charge is 2.25. The Bertz CT molecular complexity index is 343. The molecule has 0 fully saturated rings. The van der Waals surface area contributed by atoms with Crippen molar-refractivity contribution in [1.82, 2.24) is 0 Å². The molecule has 168 valence electrons. The van der Waals surface area contributed by atoms with Gasteiger partial charge in [-0.3, -0.25) is 4.79 Å². The lowest BCUT2D eigenvalue weighted by molar-refractivity contribution is -0.159. The van der Waals surface area contributed by atoms with Crippen LogP contribution in [0.25, 0.3) is 0 Å². The molecule has 0 aromatic rings. The zero-order chi connectivity index (χ0) is 21.0. The molecule has 0 amide bonds. The second-order valence-corrected chi connectivity index (χ2v) is 8.55. The molecule has 2 unspecified atom stereocenters. The van der Waals surface area contributed by atoms with Crippen LogP contribution in [0.1, 0.15) is 118 Å². The van der Waals surface area contributed by atoms with Gasteiger partial charge >= 0.3 is 5.97 Å². The number of aliphatic hydroxyl groups excluding tert-OH is 1. The Hall–Kier alpha value is -0.610. The molecule has 0 bridgehead atoms.